The van der Waals surface area contributed by atoms with Crippen molar-refractivity contribution in [2.75, 3.05) is 18.6 Å². The molecule has 27 heavy (non-hydrogen) atoms. The van der Waals surface area contributed by atoms with Crippen molar-refractivity contribution in [2.24, 2.45) is 0 Å². The summed E-state index contributed by atoms with van der Waals surface area (Å²) in [6, 6.07) is 15.4. The molecule has 4 rings (SSSR count). The monoisotopic (exact) mass is 364 g/mol. The molecular formula is C20H20N4O3. The Kier molecular flexibility index (Phi) is 4.27. The molecule has 138 valence electrons. The molecular weight excluding hydrogens is 344 g/mol. The second kappa shape index (κ2) is 6.75. The molecule has 0 spiro atoms. The maximum absolute atomic E-state index is 12.6. The van der Waals surface area contributed by atoms with Gasteiger partial charge >= 0.3 is 11.1 Å². The molecule has 1 aromatic heterocycles. The minimum Gasteiger partial charge on any atom is -0.497 e. The lowest BCUT2D eigenvalue weighted by Crippen LogP contribution is -2.42. The first-order valence-electron chi connectivity index (χ1n) is 8.76. The van der Waals surface area contributed by atoms with Crippen LogP contribution in [0.5, 0.6) is 5.75 Å². The Balaban J connectivity index is 1.75. The van der Waals surface area contributed by atoms with Crippen molar-refractivity contribution >= 4 is 11.6 Å². The van der Waals surface area contributed by atoms with Gasteiger partial charge in [0.25, 0.3) is 0 Å². The summed E-state index contributed by atoms with van der Waals surface area (Å²) in [7, 11) is 1.62. The van der Waals surface area contributed by atoms with Gasteiger partial charge in [-0.25, -0.2) is 4.68 Å². The molecule has 1 aliphatic heterocycles. The van der Waals surface area contributed by atoms with E-state index in [9.17, 15) is 9.59 Å². The number of aryl methyl sites for hydroxylation is 1. The third-order valence-corrected chi connectivity index (χ3v) is 4.70. The highest BCUT2D eigenvalue weighted by molar-refractivity contribution is 5.59. The van der Waals surface area contributed by atoms with Crippen LogP contribution in [0.1, 0.15) is 11.1 Å². The summed E-state index contributed by atoms with van der Waals surface area (Å²) in [4.78, 5) is 27.0. The fraction of sp³-hybridized carbons (Fsp3) is 0.250. The van der Waals surface area contributed by atoms with Crippen molar-refractivity contribution < 1.29 is 4.74 Å². The molecule has 0 aliphatic carbocycles. The molecule has 0 saturated carbocycles. The molecule has 0 atom stereocenters. The normalized spacial score (nSPS) is 12.9. The van der Waals surface area contributed by atoms with E-state index in [4.69, 9.17) is 4.74 Å². The van der Waals surface area contributed by atoms with Gasteiger partial charge in [0.1, 0.15) is 5.75 Å². The molecule has 1 aliphatic rings. The van der Waals surface area contributed by atoms with Crippen LogP contribution in [0, 0.1) is 6.92 Å². The first-order valence-corrected chi connectivity index (χ1v) is 8.76. The predicted molar refractivity (Wildman–Crippen MR) is 103 cm³/mol. The highest BCUT2D eigenvalue weighted by Gasteiger charge is 2.26. The van der Waals surface area contributed by atoms with Gasteiger partial charge in [-0.1, -0.05) is 29.8 Å². The molecule has 0 bridgehead atoms. The molecule has 2 aromatic carbocycles. The molecule has 7 nitrogen and oxygen atoms in total. The maximum atomic E-state index is 12.6. The largest absolute Gasteiger partial charge is 0.497 e. The zero-order chi connectivity index (χ0) is 19.0. The van der Waals surface area contributed by atoms with Crippen LogP contribution in [0.15, 0.2) is 58.1 Å². The van der Waals surface area contributed by atoms with Gasteiger partial charge in [-0.05, 0) is 36.8 Å². The Labute approximate surface area is 156 Å². The van der Waals surface area contributed by atoms with Crippen LogP contribution in [-0.2, 0) is 13.1 Å². The number of benzene rings is 2. The van der Waals surface area contributed by atoms with E-state index in [0.29, 0.717) is 19.0 Å². The number of hydrogen-bond donors (Lipinski definition) is 0. The number of nitrogens with zero attached hydrogens (tertiary/aromatic N) is 4. The van der Waals surface area contributed by atoms with E-state index in [0.717, 1.165) is 22.6 Å². The summed E-state index contributed by atoms with van der Waals surface area (Å²) in [5.41, 5.74) is 1.79. The number of methoxy groups -OCH3 is 1. The van der Waals surface area contributed by atoms with E-state index < -0.39 is 11.1 Å². The smallest absolute Gasteiger partial charge is 0.333 e. The Morgan fingerprint density at radius 1 is 1.04 bits per heavy atom. The fourth-order valence-electron chi connectivity index (χ4n) is 3.32. The van der Waals surface area contributed by atoms with Crippen LogP contribution in [0.2, 0.25) is 0 Å². The van der Waals surface area contributed by atoms with E-state index in [2.05, 4.69) is 5.10 Å². The lowest BCUT2D eigenvalue weighted by molar-refractivity contribution is 0.415. The third kappa shape index (κ3) is 3.12. The van der Waals surface area contributed by atoms with E-state index in [1.807, 2.05) is 60.4 Å². The SMILES string of the molecule is COc1ccc(N2CCn3c2nn(Cc2cccc(C)c2)c(=O)c3=O)cc1. The van der Waals surface area contributed by atoms with Crippen molar-refractivity contribution in [3.05, 3.63) is 80.4 Å². The molecule has 0 saturated heterocycles. The fourth-order valence-corrected chi connectivity index (χ4v) is 3.32. The molecule has 0 radical (unpaired) electrons. The highest BCUT2D eigenvalue weighted by Crippen LogP contribution is 2.27. The first-order chi connectivity index (χ1) is 13.1. The van der Waals surface area contributed by atoms with Crippen molar-refractivity contribution in [1.29, 1.82) is 0 Å². The van der Waals surface area contributed by atoms with Crippen molar-refractivity contribution in [2.45, 2.75) is 20.0 Å². The second-order valence-electron chi connectivity index (χ2n) is 6.56. The van der Waals surface area contributed by atoms with E-state index in [1.165, 1.54) is 9.25 Å². The van der Waals surface area contributed by atoms with Gasteiger partial charge in [0.2, 0.25) is 5.95 Å². The zero-order valence-corrected chi connectivity index (χ0v) is 15.3. The zero-order valence-electron chi connectivity index (χ0n) is 15.3. The Morgan fingerprint density at radius 2 is 1.81 bits per heavy atom. The number of ether oxygens (including phenoxy) is 1. The summed E-state index contributed by atoms with van der Waals surface area (Å²) < 4.78 is 7.89. The molecule has 0 N–H and O–H groups in total. The quantitative estimate of drug-likeness (QED) is 0.662. The van der Waals surface area contributed by atoms with Gasteiger partial charge in [-0.2, -0.15) is 0 Å². The van der Waals surface area contributed by atoms with E-state index in [1.54, 1.807) is 7.11 Å². The number of fused-ring (bicyclic) bond motifs is 1. The van der Waals surface area contributed by atoms with Gasteiger partial charge in [0.05, 0.1) is 13.7 Å². The van der Waals surface area contributed by atoms with E-state index >= 15 is 0 Å². The van der Waals surface area contributed by atoms with Gasteiger partial charge < -0.3 is 9.64 Å². The summed E-state index contributed by atoms with van der Waals surface area (Å²) in [5, 5.41) is 4.50. The van der Waals surface area contributed by atoms with Crippen LogP contribution < -0.4 is 20.8 Å². The predicted octanol–water partition coefficient (Wildman–Crippen LogP) is 1.92. The summed E-state index contributed by atoms with van der Waals surface area (Å²) in [6.07, 6.45) is 0. The highest BCUT2D eigenvalue weighted by atomic mass is 16.5. The summed E-state index contributed by atoms with van der Waals surface area (Å²) in [6.45, 7) is 3.28. The molecule has 7 heteroatoms. The summed E-state index contributed by atoms with van der Waals surface area (Å²) >= 11 is 0. The van der Waals surface area contributed by atoms with E-state index in [-0.39, 0.29) is 6.54 Å². The van der Waals surface area contributed by atoms with Crippen molar-refractivity contribution in [1.82, 2.24) is 14.3 Å². The Bertz CT molecular complexity index is 1100. The number of rotatable bonds is 4. The molecule has 3 aromatic rings. The topological polar surface area (TPSA) is 69.4 Å². The minimum atomic E-state index is -0.600. The summed E-state index contributed by atoms with van der Waals surface area (Å²) in [5.74, 6) is 1.24. The van der Waals surface area contributed by atoms with Crippen molar-refractivity contribution in [3.63, 3.8) is 0 Å². The average molecular weight is 364 g/mol. The molecule has 0 unspecified atom stereocenters. The van der Waals surface area contributed by atoms with Crippen LogP contribution in [0.25, 0.3) is 0 Å². The maximum Gasteiger partial charge on any atom is 0.333 e. The molecule has 0 amide bonds. The van der Waals surface area contributed by atoms with Gasteiger partial charge in [0.15, 0.2) is 0 Å². The van der Waals surface area contributed by atoms with Crippen LogP contribution in [0.4, 0.5) is 11.6 Å². The Hall–Kier alpha value is -3.35. The third-order valence-electron chi connectivity index (χ3n) is 4.70. The van der Waals surface area contributed by atoms with Gasteiger partial charge in [0, 0.05) is 18.8 Å². The van der Waals surface area contributed by atoms with Crippen LogP contribution in [0.3, 0.4) is 0 Å². The van der Waals surface area contributed by atoms with Gasteiger partial charge in [-0.3, -0.25) is 14.2 Å². The lowest BCUT2D eigenvalue weighted by atomic mass is 10.1. The minimum absolute atomic E-state index is 0.264. The van der Waals surface area contributed by atoms with Gasteiger partial charge in [-0.15, -0.1) is 5.10 Å². The number of anilines is 2. The van der Waals surface area contributed by atoms with Crippen LogP contribution >= 0.6 is 0 Å². The second-order valence-corrected chi connectivity index (χ2v) is 6.56. The number of hydrogen-bond acceptors (Lipinski definition) is 5. The Morgan fingerprint density at radius 3 is 2.52 bits per heavy atom. The standard InChI is InChI=1S/C20H20N4O3/c1-14-4-3-5-15(12-14)13-24-19(26)18(25)23-11-10-22(20(23)21-24)16-6-8-17(27-2)9-7-16/h3-9,12H,10-11,13H2,1-2H3. The lowest BCUT2D eigenvalue weighted by Gasteiger charge is -2.18. The average Bonchev–Trinajstić information content (AvgIpc) is 3.10. The van der Waals surface area contributed by atoms with Crippen molar-refractivity contribution in [3.8, 4) is 5.75 Å². The molecule has 0 fully saturated rings. The first kappa shape index (κ1) is 17.1. The molecule has 2 heterocycles. The van der Waals surface area contributed by atoms with Crippen LogP contribution in [-0.4, -0.2) is 28.0 Å². The number of aromatic nitrogens is 3.